The third-order valence-electron chi connectivity index (χ3n) is 2.93. The number of carbonyl (C=O) groups excluding carboxylic acids is 1. The largest absolute Gasteiger partial charge is 0.466 e. The Balaban J connectivity index is 2.48. The van der Waals surface area contributed by atoms with E-state index in [4.69, 9.17) is 14.2 Å². The maximum atomic E-state index is 11.8. The third kappa shape index (κ3) is 5.04. The molecule has 1 rings (SSSR count). The molecule has 0 bridgehead atoms. The van der Waals surface area contributed by atoms with E-state index in [2.05, 4.69) is 0 Å². The van der Waals surface area contributed by atoms with Gasteiger partial charge in [-0.05, 0) is 39.5 Å². The van der Waals surface area contributed by atoms with Crippen molar-refractivity contribution in [3.63, 3.8) is 0 Å². The number of hydrogen-bond acceptors (Lipinski definition) is 4. The minimum absolute atomic E-state index is 0.0574. The molecule has 0 spiro atoms. The summed E-state index contributed by atoms with van der Waals surface area (Å²) in [6, 6.07) is 0. The van der Waals surface area contributed by atoms with E-state index >= 15 is 0 Å². The van der Waals surface area contributed by atoms with Crippen LogP contribution in [0.5, 0.6) is 0 Å². The Morgan fingerprint density at radius 3 is 2.12 bits per heavy atom. The van der Waals surface area contributed by atoms with E-state index in [9.17, 15) is 4.79 Å². The fourth-order valence-electron chi connectivity index (χ4n) is 1.99. The summed E-state index contributed by atoms with van der Waals surface area (Å²) < 4.78 is 16.1. The Labute approximate surface area is 104 Å². The standard InChI is InChI=1S/C13H24O4/c1-4-15-12(16-5-2)9-11(10-7-8-10)13(14)17-6-3/h10-12H,4-9H2,1-3H3. The van der Waals surface area contributed by atoms with Gasteiger partial charge in [0.15, 0.2) is 6.29 Å². The van der Waals surface area contributed by atoms with Crippen LogP contribution in [0, 0.1) is 11.8 Å². The van der Waals surface area contributed by atoms with Crippen molar-refractivity contribution in [2.75, 3.05) is 19.8 Å². The minimum atomic E-state index is -0.278. The molecule has 0 aromatic heterocycles. The summed E-state index contributed by atoms with van der Waals surface area (Å²) in [5.41, 5.74) is 0. The van der Waals surface area contributed by atoms with Gasteiger partial charge in [0.05, 0.1) is 12.5 Å². The molecular formula is C13H24O4. The highest BCUT2D eigenvalue weighted by atomic mass is 16.7. The molecule has 1 atom stereocenters. The lowest BCUT2D eigenvalue weighted by Gasteiger charge is -2.22. The second-order valence-corrected chi connectivity index (χ2v) is 4.27. The first-order valence-electron chi connectivity index (χ1n) is 6.62. The fourth-order valence-corrected chi connectivity index (χ4v) is 1.99. The lowest BCUT2D eigenvalue weighted by atomic mass is 9.99. The van der Waals surface area contributed by atoms with E-state index in [1.54, 1.807) is 0 Å². The molecule has 1 saturated carbocycles. The highest BCUT2D eigenvalue weighted by Gasteiger charge is 2.38. The monoisotopic (exact) mass is 244 g/mol. The molecular weight excluding hydrogens is 220 g/mol. The second-order valence-electron chi connectivity index (χ2n) is 4.27. The number of ether oxygens (including phenoxy) is 3. The Hall–Kier alpha value is -0.610. The van der Waals surface area contributed by atoms with Crippen molar-refractivity contribution < 1.29 is 19.0 Å². The van der Waals surface area contributed by atoms with Gasteiger partial charge in [-0.15, -0.1) is 0 Å². The molecule has 0 aromatic carbocycles. The summed E-state index contributed by atoms with van der Waals surface area (Å²) in [6.45, 7) is 7.35. The third-order valence-corrected chi connectivity index (χ3v) is 2.93. The zero-order valence-corrected chi connectivity index (χ0v) is 11.1. The molecule has 4 nitrogen and oxygen atoms in total. The zero-order valence-electron chi connectivity index (χ0n) is 11.1. The predicted octanol–water partition coefficient (Wildman–Crippen LogP) is 2.36. The summed E-state index contributed by atoms with van der Waals surface area (Å²) >= 11 is 0. The van der Waals surface area contributed by atoms with Crippen LogP contribution in [0.25, 0.3) is 0 Å². The maximum absolute atomic E-state index is 11.8. The topological polar surface area (TPSA) is 44.8 Å². The van der Waals surface area contributed by atoms with Gasteiger partial charge in [-0.2, -0.15) is 0 Å². The molecule has 100 valence electrons. The van der Waals surface area contributed by atoms with Crippen LogP contribution in [0.1, 0.15) is 40.0 Å². The van der Waals surface area contributed by atoms with Gasteiger partial charge in [0, 0.05) is 19.6 Å². The Bertz CT molecular complexity index is 219. The Morgan fingerprint density at radius 1 is 1.12 bits per heavy atom. The van der Waals surface area contributed by atoms with Gasteiger partial charge in [0.25, 0.3) is 0 Å². The summed E-state index contributed by atoms with van der Waals surface area (Å²) in [7, 11) is 0. The summed E-state index contributed by atoms with van der Waals surface area (Å²) in [6.07, 6.45) is 2.58. The normalized spacial score (nSPS) is 17.2. The molecule has 0 aliphatic heterocycles. The number of rotatable bonds is 9. The van der Waals surface area contributed by atoms with Gasteiger partial charge in [-0.25, -0.2) is 0 Å². The molecule has 0 aromatic rings. The van der Waals surface area contributed by atoms with Crippen molar-refractivity contribution in [2.24, 2.45) is 11.8 Å². The van der Waals surface area contributed by atoms with Crippen molar-refractivity contribution in [3.8, 4) is 0 Å². The average Bonchev–Trinajstić information content (AvgIpc) is 3.10. The Kier molecular flexibility index (Phi) is 6.52. The first kappa shape index (κ1) is 14.5. The minimum Gasteiger partial charge on any atom is -0.466 e. The van der Waals surface area contributed by atoms with E-state index in [1.165, 1.54) is 0 Å². The van der Waals surface area contributed by atoms with Crippen LogP contribution in [0.4, 0.5) is 0 Å². The first-order valence-corrected chi connectivity index (χ1v) is 6.62. The molecule has 4 heteroatoms. The fraction of sp³-hybridized carbons (Fsp3) is 0.923. The van der Waals surface area contributed by atoms with Crippen molar-refractivity contribution >= 4 is 5.97 Å². The molecule has 1 fully saturated rings. The van der Waals surface area contributed by atoms with E-state index < -0.39 is 0 Å². The molecule has 0 amide bonds. The SMILES string of the molecule is CCOC(=O)C(CC(OCC)OCC)C1CC1. The highest BCUT2D eigenvalue weighted by molar-refractivity contribution is 5.73. The van der Waals surface area contributed by atoms with Crippen LogP contribution in [0.3, 0.4) is 0 Å². The molecule has 1 aliphatic carbocycles. The highest BCUT2D eigenvalue weighted by Crippen LogP contribution is 2.40. The van der Waals surface area contributed by atoms with Gasteiger partial charge >= 0.3 is 5.97 Å². The number of esters is 1. The smallest absolute Gasteiger partial charge is 0.309 e. The lowest BCUT2D eigenvalue weighted by molar-refractivity contribution is -0.166. The van der Waals surface area contributed by atoms with Crippen LogP contribution in [-0.2, 0) is 19.0 Å². The van der Waals surface area contributed by atoms with Gasteiger partial charge in [0.2, 0.25) is 0 Å². The van der Waals surface area contributed by atoms with Gasteiger partial charge in [-0.3, -0.25) is 4.79 Å². The molecule has 1 aliphatic rings. The molecule has 17 heavy (non-hydrogen) atoms. The van der Waals surface area contributed by atoms with E-state index in [-0.39, 0.29) is 18.2 Å². The lowest BCUT2D eigenvalue weighted by Crippen LogP contribution is -2.28. The summed E-state index contributed by atoms with van der Waals surface area (Å²) in [5, 5.41) is 0. The van der Waals surface area contributed by atoms with Crippen LogP contribution in [-0.4, -0.2) is 32.1 Å². The zero-order chi connectivity index (χ0) is 12.7. The van der Waals surface area contributed by atoms with Crippen molar-refractivity contribution in [2.45, 2.75) is 46.3 Å². The average molecular weight is 244 g/mol. The summed E-state index contributed by atoms with van der Waals surface area (Å²) in [5.74, 6) is 0.315. The van der Waals surface area contributed by atoms with Crippen LogP contribution >= 0.6 is 0 Å². The molecule has 0 heterocycles. The second kappa shape index (κ2) is 7.67. The van der Waals surface area contributed by atoms with Crippen molar-refractivity contribution in [1.29, 1.82) is 0 Å². The Morgan fingerprint density at radius 2 is 1.71 bits per heavy atom. The van der Waals surface area contributed by atoms with Crippen LogP contribution < -0.4 is 0 Å². The van der Waals surface area contributed by atoms with Gasteiger partial charge in [-0.1, -0.05) is 0 Å². The molecule has 0 N–H and O–H groups in total. The van der Waals surface area contributed by atoms with E-state index in [1.807, 2.05) is 20.8 Å². The molecule has 0 radical (unpaired) electrons. The predicted molar refractivity (Wildman–Crippen MR) is 64.5 cm³/mol. The summed E-state index contributed by atoms with van der Waals surface area (Å²) in [4.78, 5) is 11.8. The van der Waals surface area contributed by atoms with Crippen molar-refractivity contribution in [3.05, 3.63) is 0 Å². The quantitative estimate of drug-likeness (QED) is 0.461. The number of hydrogen-bond donors (Lipinski definition) is 0. The van der Waals surface area contributed by atoms with E-state index in [0.717, 1.165) is 12.8 Å². The van der Waals surface area contributed by atoms with Crippen LogP contribution in [0.15, 0.2) is 0 Å². The molecule has 0 saturated heterocycles. The van der Waals surface area contributed by atoms with Gasteiger partial charge in [0.1, 0.15) is 0 Å². The van der Waals surface area contributed by atoms with Crippen LogP contribution in [0.2, 0.25) is 0 Å². The van der Waals surface area contributed by atoms with E-state index in [0.29, 0.717) is 32.2 Å². The first-order chi connectivity index (χ1) is 8.22. The van der Waals surface area contributed by atoms with Crippen molar-refractivity contribution in [1.82, 2.24) is 0 Å². The number of carbonyl (C=O) groups is 1. The molecule has 1 unspecified atom stereocenters. The van der Waals surface area contributed by atoms with Gasteiger partial charge < -0.3 is 14.2 Å². The maximum Gasteiger partial charge on any atom is 0.309 e.